The van der Waals surface area contributed by atoms with E-state index in [-0.39, 0.29) is 0 Å². The van der Waals surface area contributed by atoms with Crippen molar-refractivity contribution in [2.75, 3.05) is 0 Å². The maximum Gasteiger partial charge on any atom is 0.0761 e. The monoisotopic (exact) mass is 408 g/mol. The number of hydrogen-bond acceptors (Lipinski definition) is 1. The molecule has 0 aliphatic rings. The van der Waals surface area contributed by atoms with E-state index in [0.29, 0.717) is 0 Å². The second-order valence-corrected chi connectivity index (χ2v) is 8.99. The summed E-state index contributed by atoms with van der Waals surface area (Å²) in [6, 6.07) is 17.2. The van der Waals surface area contributed by atoms with Crippen LogP contribution in [0.4, 0.5) is 0 Å². The molecule has 2 aromatic rings. The summed E-state index contributed by atoms with van der Waals surface area (Å²) < 4.78 is 0. The molecule has 0 bridgehead atoms. The average Bonchev–Trinajstić information content (AvgIpc) is 2.77. The van der Waals surface area contributed by atoms with Gasteiger partial charge >= 0.3 is 0 Å². The number of aliphatic hydroxyl groups is 1. The van der Waals surface area contributed by atoms with Crippen molar-refractivity contribution in [1.82, 2.24) is 0 Å². The predicted octanol–water partition coefficient (Wildman–Crippen LogP) is 9.04. The first-order chi connectivity index (χ1) is 14.7. The SMILES string of the molecule is CCCCCCCCCCCCCCCc1ccc(-c2ccc(C(C)O)cc2)cc1. The Morgan fingerprint density at radius 2 is 0.967 bits per heavy atom. The predicted molar refractivity (Wildman–Crippen MR) is 132 cm³/mol. The molecule has 1 unspecified atom stereocenters. The van der Waals surface area contributed by atoms with Crippen LogP contribution in [0.5, 0.6) is 0 Å². The standard InChI is InChI=1S/C29H44O/c1-3-4-5-6-7-8-9-10-11-12-13-14-15-16-26-17-19-28(20-18-26)29-23-21-27(22-24-29)25(2)30/h17-25,30H,3-16H2,1-2H3. The summed E-state index contributed by atoms with van der Waals surface area (Å²) in [6.45, 7) is 4.09. The van der Waals surface area contributed by atoms with E-state index in [0.717, 1.165) is 5.56 Å². The van der Waals surface area contributed by atoms with Gasteiger partial charge in [-0.05, 0) is 42.0 Å². The van der Waals surface area contributed by atoms with Gasteiger partial charge in [0.15, 0.2) is 0 Å². The number of benzene rings is 2. The molecular formula is C29H44O. The quantitative estimate of drug-likeness (QED) is 0.275. The van der Waals surface area contributed by atoms with Crippen LogP contribution in [0.25, 0.3) is 11.1 Å². The lowest BCUT2D eigenvalue weighted by Gasteiger charge is -2.08. The molecule has 0 saturated carbocycles. The molecule has 0 heterocycles. The van der Waals surface area contributed by atoms with Crippen LogP contribution in [0.1, 0.15) is 115 Å². The minimum absolute atomic E-state index is 0.401. The zero-order valence-electron chi connectivity index (χ0n) is 19.5. The van der Waals surface area contributed by atoms with Crippen molar-refractivity contribution in [1.29, 1.82) is 0 Å². The Bertz CT molecular complexity index is 654. The van der Waals surface area contributed by atoms with E-state index in [4.69, 9.17) is 0 Å². The highest BCUT2D eigenvalue weighted by Crippen LogP contribution is 2.23. The molecular weight excluding hydrogens is 364 g/mol. The largest absolute Gasteiger partial charge is 0.389 e. The van der Waals surface area contributed by atoms with E-state index >= 15 is 0 Å². The van der Waals surface area contributed by atoms with Crippen LogP contribution in [-0.4, -0.2) is 5.11 Å². The van der Waals surface area contributed by atoms with Crippen LogP contribution in [0.2, 0.25) is 0 Å². The summed E-state index contributed by atoms with van der Waals surface area (Å²) in [5.74, 6) is 0. The van der Waals surface area contributed by atoms with Crippen molar-refractivity contribution >= 4 is 0 Å². The van der Waals surface area contributed by atoms with Crippen molar-refractivity contribution in [3.05, 3.63) is 59.7 Å². The Balaban J connectivity index is 1.52. The smallest absolute Gasteiger partial charge is 0.0761 e. The van der Waals surface area contributed by atoms with E-state index in [1.54, 1.807) is 6.92 Å². The van der Waals surface area contributed by atoms with E-state index < -0.39 is 6.10 Å². The fourth-order valence-electron chi connectivity index (χ4n) is 4.16. The van der Waals surface area contributed by atoms with Crippen molar-refractivity contribution in [3.63, 3.8) is 0 Å². The topological polar surface area (TPSA) is 20.2 Å². The van der Waals surface area contributed by atoms with E-state index in [2.05, 4.69) is 43.3 Å². The Labute approximate surface area is 185 Å². The summed E-state index contributed by atoms with van der Waals surface area (Å²) in [4.78, 5) is 0. The van der Waals surface area contributed by atoms with Crippen LogP contribution in [-0.2, 0) is 6.42 Å². The summed E-state index contributed by atoms with van der Waals surface area (Å²) in [6.07, 6.45) is 19.1. The number of rotatable bonds is 16. The minimum Gasteiger partial charge on any atom is -0.389 e. The second kappa shape index (κ2) is 15.2. The van der Waals surface area contributed by atoms with Gasteiger partial charge in [-0.1, -0.05) is 133 Å². The number of aliphatic hydroxyl groups excluding tert-OH is 1. The Morgan fingerprint density at radius 3 is 1.40 bits per heavy atom. The molecule has 1 heteroatoms. The highest BCUT2D eigenvalue weighted by atomic mass is 16.3. The molecule has 0 spiro atoms. The molecule has 0 fully saturated rings. The van der Waals surface area contributed by atoms with Gasteiger partial charge in [-0.3, -0.25) is 0 Å². The number of unbranched alkanes of at least 4 members (excludes halogenated alkanes) is 12. The fourth-order valence-corrected chi connectivity index (χ4v) is 4.16. The first kappa shape index (κ1) is 24.7. The van der Waals surface area contributed by atoms with Gasteiger partial charge in [0, 0.05) is 0 Å². The lowest BCUT2D eigenvalue weighted by Crippen LogP contribution is -1.90. The summed E-state index contributed by atoms with van der Waals surface area (Å²) in [5, 5.41) is 9.64. The van der Waals surface area contributed by atoms with Crippen molar-refractivity contribution in [2.24, 2.45) is 0 Å². The van der Waals surface area contributed by atoms with Crippen molar-refractivity contribution in [2.45, 2.75) is 110 Å². The van der Waals surface area contributed by atoms with E-state index in [9.17, 15) is 5.11 Å². The van der Waals surface area contributed by atoms with Crippen LogP contribution >= 0.6 is 0 Å². The summed E-state index contributed by atoms with van der Waals surface area (Å²) >= 11 is 0. The molecule has 2 aromatic carbocycles. The van der Waals surface area contributed by atoms with Gasteiger partial charge < -0.3 is 5.11 Å². The zero-order chi connectivity index (χ0) is 21.4. The number of hydrogen-bond donors (Lipinski definition) is 1. The third-order valence-electron chi connectivity index (χ3n) is 6.25. The third-order valence-corrected chi connectivity index (χ3v) is 6.25. The van der Waals surface area contributed by atoms with Gasteiger partial charge in [0.2, 0.25) is 0 Å². The molecule has 1 nitrogen and oxygen atoms in total. The number of aryl methyl sites for hydroxylation is 1. The fraction of sp³-hybridized carbons (Fsp3) is 0.586. The molecule has 2 rings (SSSR count). The van der Waals surface area contributed by atoms with Crippen molar-refractivity contribution < 1.29 is 5.11 Å². The summed E-state index contributed by atoms with van der Waals surface area (Å²) in [5.41, 5.74) is 4.88. The van der Waals surface area contributed by atoms with Gasteiger partial charge in [0.25, 0.3) is 0 Å². The maximum atomic E-state index is 9.64. The van der Waals surface area contributed by atoms with Crippen LogP contribution in [0.15, 0.2) is 48.5 Å². The maximum absolute atomic E-state index is 9.64. The first-order valence-corrected chi connectivity index (χ1v) is 12.6. The lowest BCUT2D eigenvalue weighted by molar-refractivity contribution is 0.199. The molecule has 0 aliphatic heterocycles. The van der Waals surface area contributed by atoms with Crippen LogP contribution in [0.3, 0.4) is 0 Å². The van der Waals surface area contributed by atoms with Crippen LogP contribution in [0, 0.1) is 0 Å². The third kappa shape index (κ3) is 9.94. The molecule has 30 heavy (non-hydrogen) atoms. The molecule has 166 valence electrons. The van der Waals surface area contributed by atoms with Gasteiger partial charge in [-0.15, -0.1) is 0 Å². The van der Waals surface area contributed by atoms with E-state index in [1.807, 2.05) is 12.1 Å². The van der Waals surface area contributed by atoms with Gasteiger partial charge in [-0.2, -0.15) is 0 Å². The van der Waals surface area contributed by atoms with Gasteiger partial charge in [-0.25, -0.2) is 0 Å². The lowest BCUT2D eigenvalue weighted by atomic mass is 9.99. The first-order valence-electron chi connectivity index (χ1n) is 12.6. The zero-order valence-corrected chi connectivity index (χ0v) is 19.5. The molecule has 0 radical (unpaired) electrons. The Hall–Kier alpha value is -1.60. The molecule has 0 aliphatic carbocycles. The minimum atomic E-state index is -0.401. The molecule has 0 amide bonds. The highest BCUT2D eigenvalue weighted by Gasteiger charge is 2.02. The average molecular weight is 409 g/mol. The highest BCUT2D eigenvalue weighted by molar-refractivity contribution is 5.64. The molecule has 1 atom stereocenters. The Kier molecular flexibility index (Phi) is 12.5. The Morgan fingerprint density at radius 1 is 0.567 bits per heavy atom. The normalized spacial score (nSPS) is 12.2. The summed E-state index contributed by atoms with van der Waals surface area (Å²) in [7, 11) is 0. The molecule has 0 aromatic heterocycles. The van der Waals surface area contributed by atoms with Crippen molar-refractivity contribution in [3.8, 4) is 11.1 Å². The van der Waals surface area contributed by atoms with Gasteiger partial charge in [0.1, 0.15) is 0 Å². The van der Waals surface area contributed by atoms with E-state index in [1.165, 1.54) is 107 Å². The second-order valence-electron chi connectivity index (χ2n) is 8.99. The van der Waals surface area contributed by atoms with Gasteiger partial charge in [0.05, 0.1) is 6.10 Å². The molecule has 0 saturated heterocycles. The van der Waals surface area contributed by atoms with Crippen LogP contribution < -0.4 is 0 Å². The molecule has 1 N–H and O–H groups in total.